The Bertz CT molecular complexity index is 952. The van der Waals surface area contributed by atoms with Gasteiger partial charge in [0.1, 0.15) is 5.82 Å². The SMILES string of the molecule is O=C(NO)c1ccc(/C=C/C(=O)N2CC(CN[C@@H]3C[C@H]3c3ccc(F)cc3)C2)cc1.[HH].[HH].[HH]. The third-order valence-corrected chi connectivity index (χ3v) is 5.72. The Kier molecular flexibility index (Phi) is 5.92. The fourth-order valence-electron chi connectivity index (χ4n) is 3.78. The number of carbonyl (C=O) groups is 2. The second-order valence-electron chi connectivity index (χ2n) is 7.91. The molecule has 0 radical (unpaired) electrons. The van der Waals surface area contributed by atoms with E-state index in [1.165, 1.54) is 23.8 Å². The molecule has 3 N–H and O–H groups in total. The van der Waals surface area contributed by atoms with Gasteiger partial charge in [-0.3, -0.25) is 14.8 Å². The highest BCUT2D eigenvalue weighted by molar-refractivity contribution is 5.94. The molecular formula is C23H30FN3O3. The number of hydrogen-bond donors (Lipinski definition) is 3. The van der Waals surface area contributed by atoms with Crippen LogP contribution in [0.25, 0.3) is 6.08 Å². The molecule has 2 atom stereocenters. The predicted octanol–water partition coefficient (Wildman–Crippen LogP) is 3.30. The smallest absolute Gasteiger partial charge is 0.274 e. The molecule has 7 heteroatoms. The highest BCUT2D eigenvalue weighted by Gasteiger charge is 2.39. The number of nitrogens with one attached hydrogen (secondary N) is 2. The zero-order valence-electron chi connectivity index (χ0n) is 16.4. The predicted molar refractivity (Wildman–Crippen MR) is 117 cm³/mol. The van der Waals surface area contributed by atoms with Crippen LogP contribution in [0.5, 0.6) is 0 Å². The van der Waals surface area contributed by atoms with Crippen LogP contribution in [0.2, 0.25) is 0 Å². The molecule has 4 rings (SSSR count). The fraction of sp³-hybridized carbons (Fsp3) is 0.304. The van der Waals surface area contributed by atoms with Crippen LogP contribution < -0.4 is 10.8 Å². The summed E-state index contributed by atoms with van der Waals surface area (Å²) >= 11 is 0. The van der Waals surface area contributed by atoms with Crippen molar-refractivity contribution in [1.29, 1.82) is 0 Å². The van der Waals surface area contributed by atoms with E-state index in [0.717, 1.165) is 31.6 Å². The lowest BCUT2D eigenvalue weighted by atomic mass is 9.99. The molecule has 30 heavy (non-hydrogen) atoms. The number of hydroxylamine groups is 1. The minimum absolute atomic E-state index is 0. The maximum absolute atomic E-state index is 13.0. The second kappa shape index (κ2) is 8.77. The lowest BCUT2D eigenvalue weighted by Crippen LogP contribution is -2.53. The molecule has 1 heterocycles. The van der Waals surface area contributed by atoms with Crippen molar-refractivity contribution in [3.8, 4) is 0 Å². The summed E-state index contributed by atoms with van der Waals surface area (Å²) in [5.41, 5.74) is 3.90. The Morgan fingerprint density at radius 3 is 2.50 bits per heavy atom. The number of nitrogens with zero attached hydrogens (tertiary/aromatic N) is 1. The quantitative estimate of drug-likeness (QED) is 0.368. The van der Waals surface area contributed by atoms with Crippen LogP contribution >= 0.6 is 0 Å². The average molecular weight is 416 g/mol. The Morgan fingerprint density at radius 2 is 1.83 bits per heavy atom. The van der Waals surface area contributed by atoms with Gasteiger partial charge in [0.25, 0.3) is 5.91 Å². The molecule has 2 aliphatic rings. The van der Waals surface area contributed by atoms with Gasteiger partial charge in [-0.15, -0.1) is 0 Å². The minimum atomic E-state index is -0.572. The third-order valence-electron chi connectivity index (χ3n) is 5.72. The first-order chi connectivity index (χ1) is 14.5. The van der Waals surface area contributed by atoms with Gasteiger partial charge < -0.3 is 10.2 Å². The largest absolute Gasteiger partial charge is 0.338 e. The molecule has 0 unspecified atom stereocenters. The third kappa shape index (κ3) is 4.75. The Balaban J connectivity index is 0.00000181. The molecule has 2 amide bonds. The van der Waals surface area contributed by atoms with Crippen LogP contribution in [0, 0.1) is 11.7 Å². The molecule has 162 valence electrons. The van der Waals surface area contributed by atoms with Crippen molar-refractivity contribution < 1.29 is 23.5 Å². The topological polar surface area (TPSA) is 81.7 Å². The number of likely N-dealkylation sites (tertiary alicyclic amines) is 1. The van der Waals surface area contributed by atoms with E-state index in [9.17, 15) is 14.0 Å². The standard InChI is InChI=1S/C23H24FN3O3.3H2/c24-19-8-6-17(7-9-19)20-11-21(20)25-12-16-13-27(14-16)22(28)10-3-15-1-4-18(5-2-15)23(29)26-30;;;/h1-10,16,20-21,25,30H,11-14H2,(H,26,29);3*1H/b10-3+;;;/t20-,21+;;;/m0.../s1. The molecule has 2 aromatic carbocycles. The van der Waals surface area contributed by atoms with E-state index in [4.69, 9.17) is 5.21 Å². The molecular weight excluding hydrogens is 385 g/mol. The van der Waals surface area contributed by atoms with Gasteiger partial charge in [0.2, 0.25) is 5.91 Å². The number of rotatable bonds is 7. The zero-order chi connectivity index (χ0) is 21.1. The summed E-state index contributed by atoms with van der Waals surface area (Å²) in [6, 6.07) is 13.8. The molecule has 2 fully saturated rings. The van der Waals surface area contributed by atoms with Crippen molar-refractivity contribution in [2.24, 2.45) is 5.92 Å². The summed E-state index contributed by atoms with van der Waals surface area (Å²) in [7, 11) is 0. The van der Waals surface area contributed by atoms with Gasteiger partial charge in [0.05, 0.1) is 0 Å². The summed E-state index contributed by atoms with van der Waals surface area (Å²) in [6.45, 7) is 2.35. The van der Waals surface area contributed by atoms with Gasteiger partial charge in [-0.1, -0.05) is 24.3 Å². The number of amides is 2. The first-order valence-corrected chi connectivity index (χ1v) is 10.0. The summed E-state index contributed by atoms with van der Waals surface area (Å²) in [5.74, 6) is 0.105. The number of benzene rings is 2. The van der Waals surface area contributed by atoms with Crippen molar-refractivity contribution in [3.63, 3.8) is 0 Å². The van der Waals surface area contributed by atoms with Crippen molar-refractivity contribution in [2.75, 3.05) is 19.6 Å². The molecule has 2 aromatic rings. The molecule has 1 saturated carbocycles. The van der Waals surface area contributed by atoms with Crippen molar-refractivity contribution in [3.05, 3.63) is 77.1 Å². The normalized spacial score (nSPS) is 20.8. The van der Waals surface area contributed by atoms with Gasteiger partial charge in [0.15, 0.2) is 0 Å². The van der Waals surface area contributed by atoms with Gasteiger partial charge in [-0.2, -0.15) is 0 Å². The Labute approximate surface area is 178 Å². The van der Waals surface area contributed by atoms with E-state index < -0.39 is 5.91 Å². The van der Waals surface area contributed by atoms with Gasteiger partial charge in [-0.25, -0.2) is 9.87 Å². The second-order valence-corrected chi connectivity index (χ2v) is 7.91. The molecule has 0 spiro atoms. The van der Waals surface area contributed by atoms with Crippen molar-refractivity contribution >= 4 is 17.9 Å². The van der Waals surface area contributed by atoms with Gasteiger partial charge in [0, 0.05) is 53.4 Å². The van der Waals surface area contributed by atoms with E-state index in [1.807, 2.05) is 12.1 Å². The highest BCUT2D eigenvalue weighted by atomic mass is 19.1. The van der Waals surface area contributed by atoms with Crippen molar-refractivity contribution in [2.45, 2.75) is 18.4 Å². The van der Waals surface area contributed by atoms with Crippen LogP contribution in [0.4, 0.5) is 4.39 Å². The fourth-order valence-corrected chi connectivity index (χ4v) is 3.78. The lowest BCUT2D eigenvalue weighted by molar-refractivity contribution is -0.131. The number of hydrogen-bond acceptors (Lipinski definition) is 4. The molecule has 1 aliphatic carbocycles. The average Bonchev–Trinajstić information content (AvgIpc) is 3.51. The maximum atomic E-state index is 13.0. The van der Waals surface area contributed by atoms with Crippen LogP contribution in [0.15, 0.2) is 54.6 Å². The summed E-state index contributed by atoms with van der Waals surface area (Å²) in [6.07, 6.45) is 4.32. The molecule has 1 saturated heterocycles. The van der Waals surface area contributed by atoms with Crippen molar-refractivity contribution in [1.82, 2.24) is 15.7 Å². The highest BCUT2D eigenvalue weighted by Crippen LogP contribution is 2.40. The van der Waals surface area contributed by atoms with E-state index in [0.29, 0.717) is 23.4 Å². The Morgan fingerprint density at radius 1 is 1.13 bits per heavy atom. The van der Waals surface area contributed by atoms with Gasteiger partial charge >= 0.3 is 0 Å². The molecule has 0 bridgehead atoms. The van der Waals surface area contributed by atoms with E-state index in [1.54, 1.807) is 40.7 Å². The summed E-state index contributed by atoms with van der Waals surface area (Å²) in [4.78, 5) is 25.4. The minimum Gasteiger partial charge on any atom is -0.338 e. The number of carbonyl (C=O) groups excluding carboxylic acids is 2. The van der Waals surface area contributed by atoms with Crippen LogP contribution in [-0.2, 0) is 4.79 Å². The van der Waals surface area contributed by atoms with Crippen LogP contribution in [0.1, 0.15) is 38.1 Å². The Hall–Kier alpha value is -3.03. The first kappa shape index (κ1) is 20.3. The number of halogens is 1. The van der Waals surface area contributed by atoms with E-state index >= 15 is 0 Å². The molecule has 0 aromatic heterocycles. The van der Waals surface area contributed by atoms with Gasteiger partial charge in [-0.05, 0) is 47.9 Å². The molecule has 6 nitrogen and oxygen atoms in total. The van der Waals surface area contributed by atoms with E-state index in [-0.39, 0.29) is 16.0 Å². The zero-order valence-corrected chi connectivity index (χ0v) is 16.4. The van der Waals surface area contributed by atoms with E-state index in [2.05, 4.69) is 5.32 Å². The summed E-state index contributed by atoms with van der Waals surface area (Å²) in [5, 5.41) is 12.2. The summed E-state index contributed by atoms with van der Waals surface area (Å²) < 4.78 is 13.0. The lowest BCUT2D eigenvalue weighted by Gasteiger charge is -2.39. The molecule has 1 aliphatic heterocycles. The van der Waals surface area contributed by atoms with Crippen LogP contribution in [0.3, 0.4) is 0 Å². The monoisotopic (exact) mass is 415 g/mol. The van der Waals surface area contributed by atoms with Crippen LogP contribution in [-0.4, -0.2) is 47.6 Å². The first-order valence-electron chi connectivity index (χ1n) is 10.0. The maximum Gasteiger partial charge on any atom is 0.274 e.